The number of ether oxygens (including phenoxy) is 1. The summed E-state index contributed by atoms with van der Waals surface area (Å²) >= 11 is 0. The van der Waals surface area contributed by atoms with Crippen LogP contribution in [0.3, 0.4) is 0 Å². The number of methoxy groups -OCH3 is 1. The number of hydrogen-bond acceptors (Lipinski definition) is 3. The van der Waals surface area contributed by atoms with Crippen LogP contribution >= 0.6 is 0 Å². The largest absolute Gasteiger partial charge is 0.383 e. The lowest BCUT2D eigenvalue weighted by Crippen LogP contribution is -2.32. The fourth-order valence-electron chi connectivity index (χ4n) is 2.06. The van der Waals surface area contributed by atoms with Crippen LogP contribution in [0.15, 0.2) is 24.3 Å². The van der Waals surface area contributed by atoms with E-state index in [0.717, 1.165) is 26.2 Å². The molecule has 0 saturated carbocycles. The SMILES string of the molecule is CCCNCc1cccc(CN(C)C(C)COC)c1. The molecule has 108 valence electrons. The maximum absolute atomic E-state index is 5.20. The fourth-order valence-corrected chi connectivity index (χ4v) is 2.06. The Morgan fingerprint density at radius 2 is 2.05 bits per heavy atom. The summed E-state index contributed by atoms with van der Waals surface area (Å²) < 4.78 is 5.20. The molecule has 19 heavy (non-hydrogen) atoms. The summed E-state index contributed by atoms with van der Waals surface area (Å²) in [5, 5.41) is 3.44. The summed E-state index contributed by atoms with van der Waals surface area (Å²) in [5.74, 6) is 0. The molecule has 3 heteroatoms. The topological polar surface area (TPSA) is 24.5 Å². The molecule has 0 heterocycles. The average Bonchev–Trinajstić information content (AvgIpc) is 2.40. The highest BCUT2D eigenvalue weighted by molar-refractivity contribution is 5.23. The average molecular weight is 264 g/mol. The highest BCUT2D eigenvalue weighted by atomic mass is 16.5. The number of likely N-dealkylation sites (N-methyl/N-ethyl adjacent to an activating group) is 1. The predicted molar refractivity (Wildman–Crippen MR) is 81.2 cm³/mol. The molecule has 0 amide bonds. The van der Waals surface area contributed by atoms with Crippen molar-refractivity contribution in [1.82, 2.24) is 10.2 Å². The zero-order valence-electron chi connectivity index (χ0n) is 12.8. The monoisotopic (exact) mass is 264 g/mol. The molecule has 0 radical (unpaired) electrons. The Hall–Kier alpha value is -0.900. The number of nitrogens with one attached hydrogen (secondary N) is 1. The predicted octanol–water partition coefficient (Wildman–Crippen LogP) is 2.65. The van der Waals surface area contributed by atoms with E-state index in [2.05, 4.69) is 55.4 Å². The van der Waals surface area contributed by atoms with Crippen molar-refractivity contribution in [2.45, 2.75) is 39.4 Å². The third-order valence-electron chi connectivity index (χ3n) is 3.34. The first-order chi connectivity index (χ1) is 9.17. The summed E-state index contributed by atoms with van der Waals surface area (Å²) in [6, 6.07) is 9.25. The lowest BCUT2D eigenvalue weighted by atomic mass is 10.1. The first kappa shape index (κ1) is 16.2. The zero-order valence-corrected chi connectivity index (χ0v) is 12.8. The maximum atomic E-state index is 5.20. The van der Waals surface area contributed by atoms with Gasteiger partial charge in [-0.3, -0.25) is 4.90 Å². The van der Waals surface area contributed by atoms with Crippen molar-refractivity contribution in [3.05, 3.63) is 35.4 Å². The fraction of sp³-hybridized carbons (Fsp3) is 0.625. The lowest BCUT2D eigenvalue weighted by molar-refractivity contribution is 0.112. The number of hydrogen-bond donors (Lipinski definition) is 1. The lowest BCUT2D eigenvalue weighted by Gasteiger charge is -2.24. The van der Waals surface area contributed by atoms with E-state index in [1.165, 1.54) is 17.5 Å². The second kappa shape index (κ2) is 9.08. The molecule has 1 unspecified atom stereocenters. The van der Waals surface area contributed by atoms with Crippen molar-refractivity contribution in [3.8, 4) is 0 Å². The molecule has 0 aromatic heterocycles. The van der Waals surface area contributed by atoms with Gasteiger partial charge in [0.2, 0.25) is 0 Å². The Labute approximate surface area is 118 Å². The van der Waals surface area contributed by atoms with Crippen molar-refractivity contribution >= 4 is 0 Å². The molecule has 1 aromatic rings. The minimum Gasteiger partial charge on any atom is -0.383 e. The van der Waals surface area contributed by atoms with E-state index in [1.54, 1.807) is 7.11 Å². The molecule has 1 N–H and O–H groups in total. The first-order valence-corrected chi connectivity index (χ1v) is 7.15. The van der Waals surface area contributed by atoms with Crippen molar-refractivity contribution in [2.75, 3.05) is 27.3 Å². The van der Waals surface area contributed by atoms with Crippen molar-refractivity contribution < 1.29 is 4.74 Å². The molecular weight excluding hydrogens is 236 g/mol. The van der Waals surface area contributed by atoms with Gasteiger partial charge in [0.15, 0.2) is 0 Å². The Morgan fingerprint density at radius 1 is 1.32 bits per heavy atom. The van der Waals surface area contributed by atoms with Gasteiger partial charge in [-0.2, -0.15) is 0 Å². The Balaban J connectivity index is 2.51. The van der Waals surface area contributed by atoms with Crippen LogP contribution in [0.2, 0.25) is 0 Å². The molecule has 1 aromatic carbocycles. The van der Waals surface area contributed by atoms with Crippen LogP contribution in [0, 0.1) is 0 Å². The van der Waals surface area contributed by atoms with Crippen LogP contribution in [0.5, 0.6) is 0 Å². The maximum Gasteiger partial charge on any atom is 0.0615 e. The van der Waals surface area contributed by atoms with E-state index >= 15 is 0 Å². The Morgan fingerprint density at radius 3 is 2.74 bits per heavy atom. The van der Waals surface area contributed by atoms with Crippen molar-refractivity contribution in [2.24, 2.45) is 0 Å². The Bertz CT molecular complexity index is 354. The van der Waals surface area contributed by atoms with Gasteiger partial charge in [-0.1, -0.05) is 31.2 Å². The highest BCUT2D eigenvalue weighted by Crippen LogP contribution is 2.09. The van der Waals surface area contributed by atoms with Gasteiger partial charge >= 0.3 is 0 Å². The van der Waals surface area contributed by atoms with Crippen LogP contribution in [0.25, 0.3) is 0 Å². The quantitative estimate of drug-likeness (QED) is 0.694. The van der Waals surface area contributed by atoms with Gasteiger partial charge in [0.05, 0.1) is 6.61 Å². The summed E-state index contributed by atoms with van der Waals surface area (Å²) in [6.07, 6.45) is 1.18. The number of rotatable bonds is 9. The summed E-state index contributed by atoms with van der Waals surface area (Å²) in [5.41, 5.74) is 2.72. The van der Waals surface area contributed by atoms with Gasteiger partial charge in [-0.25, -0.2) is 0 Å². The van der Waals surface area contributed by atoms with Gasteiger partial charge in [-0.15, -0.1) is 0 Å². The standard InChI is InChI=1S/C16H28N2O/c1-5-9-17-11-15-7-6-8-16(10-15)12-18(3)14(2)13-19-4/h6-8,10,14,17H,5,9,11-13H2,1-4H3. The number of benzene rings is 1. The second-order valence-electron chi connectivity index (χ2n) is 5.22. The van der Waals surface area contributed by atoms with Crippen molar-refractivity contribution in [3.63, 3.8) is 0 Å². The van der Waals surface area contributed by atoms with Crippen LogP contribution < -0.4 is 5.32 Å². The minimum absolute atomic E-state index is 0.437. The van der Waals surface area contributed by atoms with Gasteiger partial charge in [0.1, 0.15) is 0 Å². The molecule has 3 nitrogen and oxygen atoms in total. The van der Waals surface area contributed by atoms with E-state index in [1.807, 2.05) is 0 Å². The third kappa shape index (κ3) is 6.19. The van der Waals surface area contributed by atoms with Crippen LogP contribution in [-0.4, -0.2) is 38.3 Å². The van der Waals surface area contributed by atoms with Gasteiger partial charge in [0.25, 0.3) is 0 Å². The van der Waals surface area contributed by atoms with Gasteiger partial charge < -0.3 is 10.1 Å². The van der Waals surface area contributed by atoms with Crippen LogP contribution in [0.4, 0.5) is 0 Å². The van der Waals surface area contributed by atoms with Gasteiger partial charge in [0, 0.05) is 26.2 Å². The molecular formula is C16H28N2O. The summed E-state index contributed by atoms with van der Waals surface area (Å²) in [4.78, 5) is 2.32. The van der Waals surface area contributed by atoms with E-state index in [-0.39, 0.29) is 0 Å². The van der Waals surface area contributed by atoms with Crippen molar-refractivity contribution in [1.29, 1.82) is 0 Å². The van der Waals surface area contributed by atoms with Crippen LogP contribution in [-0.2, 0) is 17.8 Å². The van der Waals surface area contributed by atoms with Crippen LogP contribution in [0.1, 0.15) is 31.4 Å². The molecule has 0 aliphatic carbocycles. The number of nitrogens with zero attached hydrogens (tertiary/aromatic N) is 1. The third-order valence-corrected chi connectivity index (χ3v) is 3.34. The summed E-state index contributed by atoms with van der Waals surface area (Å²) in [6.45, 7) is 8.15. The van der Waals surface area contributed by atoms with E-state index < -0.39 is 0 Å². The highest BCUT2D eigenvalue weighted by Gasteiger charge is 2.09. The second-order valence-corrected chi connectivity index (χ2v) is 5.22. The summed E-state index contributed by atoms with van der Waals surface area (Å²) in [7, 11) is 3.90. The molecule has 1 rings (SSSR count). The van der Waals surface area contributed by atoms with E-state index in [4.69, 9.17) is 4.74 Å². The van der Waals surface area contributed by atoms with Gasteiger partial charge in [-0.05, 0) is 38.1 Å². The normalized spacial score (nSPS) is 12.9. The molecule has 0 aliphatic rings. The van der Waals surface area contributed by atoms with E-state index in [9.17, 15) is 0 Å². The minimum atomic E-state index is 0.437. The molecule has 0 fully saturated rings. The Kier molecular flexibility index (Phi) is 7.72. The molecule has 0 bridgehead atoms. The smallest absolute Gasteiger partial charge is 0.0615 e. The molecule has 0 aliphatic heterocycles. The zero-order chi connectivity index (χ0) is 14.1. The van der Waals surface area contributed by atoms with E-state index in [0.29, 0.717) is 6.04 Å². The first-order valence-electron chi connectivity index (χ1n) is 7.15. The molecule has 0 spiro atoms. The molecule has 1 atom stereocenters. The molecule has 0 saturated heterocycles.